The molecule has 3 rings (SSSR count). The molecule has 1 aliphatic heterocycles. The molecule has 1 fully saturated rings. The Balaban J connectivity index is 2.01. The molecule has 7 heteroatoms. The summed E-state index contributed by atoms with van der Waals surface area (Å²) in [6, 6.07) is 1.46. The minimum Gasteiger partial charge on any atom is -0.378 e. The van der Waals surface area contributed by atoms with E-state index in [-0.39, 0.29) is 11.6 Å². The average Bonchev–Trinajstić information content (AvgIpc) is 2.90. The molecule has 1 aliphatic rings. The van der Waals surface area contributed by atoms with Crippen molar-refractivity contribution in [2.24, 2.45) is 5.73 Å². The second-order valence-electron chi connectivity index (χ2n) is 4.91. The number of H-pyrrole nitrogens is 1. The minimum atomic E-state index is -1.01. The Hall–Kier alpha value is -2.15. The first-order valence-electron chi connectivity index (χ1n) is 6.54. The van der Waals surface area contributed by atoms with Gasteiger partial charge in [-0.15, -0.1) is 0 Å². The molecule has 0 saturated carbocycles. The number of fused-ring (bicyclic) bond motifs is 1. The summed E-state index contributed by atoms with van der Waals surface area (Å²) >= 11 is 0. The smallest absolute Gasteiger partial charge is 0.252 e. The van der Waals surface area contributed by atoms with Crippen LogP contribution in [0.2, 0.25) is 0 Å². The second kappa shape index (κ2) is 5.09. The average molecular weight is 277 g/mol. The number of hydrogen-bond acceptors (Lipinski definition) is 4. The van der Waals surface area contributed by atoms with Crippen molar-refractivity contribution < 1.29 is 9.18 Å². The van der Waals surface area contributed by atoms with Crippen molar-refractivity contribution in [1.29, 1.82) is 0 Å². The van der Waals surface area contributed by atoms with E-state index in [9.17, 15) is 9.18 Å². The molecule has 0 unspecified atom stereocenters. The lowest BCUT2D eigenvalue weighted by Gasteiger charge is -2.29. The molecule has 2 atom stereocenters. The van der Waals surface area contributed by atoms with E-state index in [1.165, 1.54) is 6.20 Å². The fourth-order valence-corrected chi connectivity index (χ4v) is 2.52. The first-order chi connectivity index (χ1) is 9.66. The number of amides is 1. The molecule has 0 spiro atoms. The Morgan fingerprint density at radius 1 is 1.55 bits per heavy atom. The summed E-state index contributed by atoms with van der Waals surface area (Å²) in [5, 5.41) is 6.87. The molecule has 0 aromatic carbocycles. The van der Waals surface area contributed by atoms with Crippen molar-refractivity contribution in [3.63, 3.8) is 0 Å². The number of nitrogens with one attached hydrogen (secondary N) is 3. The summed E-state index contributed by atoms with van der Waals surface area (Å²) in [5.41, 5.74) is 6.85. The predicted octanol–water partition coefficient (Wildman–Crippen LogP) is 0.774. The zero-order valence-corrected chi connectivity index (χ0v) is 10.8. The van der Waals surface area contributed by atoms with Gasteiger partial charge in [0.25, 0.3) is 5.91 Å². The van der Waals surface area contributed by atoms with E-state index in [0.29, 0.717) is 24.3 Å². The largest absolute Gasteiger partial charge is 0.378 e. The summed E-state index contributed by atoms with van der Waals surface area (Å²) in [5.74, 6) is -0.576. The Kier molecular flexibility index (Phi) is 3.27. The Morgan fingerprint density at radius 3 is 3.15 bits per heavy atom. The fourth-order valence-electron chi connectivity index (χ4n) is 2.52. The number of hydrogen-bond donors (Lipinski definition) is 4. The molecule has 1 amide bonds. The highest BCUT2D eigenvalue weighted by Gasteiger charge is 2.26. The number of primary amides is 1. The quantitative estimate of drug-likeness (QED) is 0.666. The number of halogens is 1. The van der Waals surface area contributed by atoms with Gasteiger partial charge in [0.1, 0.15) is 11.8 Å². The standard InChI is InChI=1S/C13H16FN5O/c14-9-6-16-3-2-10(9)19-11-7-1-4-17-13(7)18-5-8(11)12(15)20/h1,4-5,9-10,16H,2-3,6H2,(H2,15,20)(H2,17,18,19)/t9-,10-/m1/s1. The molecule has 2 aromatic heterocycles. The molecule has 0 aliphatic carbocycles. The molecule has 2 aromatic rings. The number of aromatic nitrogens is 2. The lowest BCUT2D eigenvalue weighted by molar-refractivity contribution is 0.100. The summed E-state index contributed by atoms with van der Waals surface area (Å²) in [7, 11) is 0. The van der Waals surface area contributed by atoms with Crippen LogP contribution in [0.3, 0.4) is 0 Å². The van der Waals surface area contributed by atoms with Crippen LogP contribution in [0.1, 0.15) is 16.8 Å². The van der Waals surface area contributed by atoms with Crippen LogP contribution in [0.25, 0.3) is 11.0 Å². The number of alkyl halides is 1. The zero-order valence-electron chi connectivity index (χ0n) is 10.8. The van der Waals surface area contributed by atoms with Crippen molar-refractivity contribution in [3.8, 4) is 0 Å². The van der Waals surface area contributed by atoms with E-state index in [4.69, 9.17) is 5.73 Å². The molecule has 3 heterocycles. The van der Waals surface area contributed by atoms with Crippen LogP contribution in [0.4, 0.5) is 10.1 Å². The molecule has 6 nitrogen and oxygen atoms in total. The molecule has 5 N–H and O–H groups in total. The van der Waals surface area contributed by atoms with Crippen molar-refractivity contribution in [3.05, 3.63) is 24.0 Å². The van der Waals surface area contributed by atoms with Crippen LogP contribution < -0.4 is 16.4 Å². The van der Waals surface area contributed by atoms with Crippen molar-refractivity contribution in [2.45, 2.75) is 18.6 Å². The van der Waals surface area contributed by atoms with E-state index in [1.807, 2.05) is 0 Å². The van der Waals surface area contributed by atoms with Gasteiger partial charge in [0.2, 0.25) is 0 Å². The number of carbonyl (C=O) groups is 1. The maximum atomic E-state index is 13.9. The highest BCUT2D eigenvalue weighted by molar-refractivity contribution is 6.05. The van der Waals surface area contributed by atoms with Crippen LogP contribution >= 0.6 is 0 Å². The molecule has 20 heavy (non-hydrogen) atoms. The van der Waals surface area contributed by atoms with Gasteiger partial charge in [-0.05, 0) is 19.0 Å². The Morgan fingerprint density at radius 2 is 2.40 bits per heavy atom. The third-order valence-electron chi connectivity index (χ3n) is 3.59. The minimum absolute atomic E-state index is 0.280. The van der Waals surface area contributed by atoms with Crippen molar-refractivity contribution in [1.82, 2.24) is 15.3 Å². The van der Waals surface area contributed by atoms with Crippen LogP contribution in [0, 0.1) is 0 Å². The van der Waals surface area contributed by atoms with Crippen LogP contribution in [0.5, 0.6) is 0 Å². The number of nitrogens with two attached hydrogens (primary N) is 1. The van der Waals surface area contributed by atoms with E-state index in [2.05, 4.69) is 20.6 Å². The molecule has 106 valence electrons. The van der Waals surface area contributed by atoms with Gasteiger partial charge in [-0.1, -0.05) is 0 Å². The number of anilines is 1. The third-order valence-corrected chi connectivity index (χ3v) is 3.59. The van der Waals surface area contributed by atoms with Crippen molar-refractivity contribution in [2.75, 3.05) is 18.4 Å². The summed E-state index contributed by atoms with van der Waals surface area (Å²) in [6.45, 7) is 1.05. The lowest BCUT2D eigenvalue weighted by atomic mass is 10.0. The third kappa shape index (κ3) is 2.20. The molecule has 0 radical (unpaired) electrons. The number of rotatable bonds is 3. The van der Waals surface area contributed by atoms with E-state index < -0.39 is 12.1 Å². The van der Waals surface area contributed by atoms with Gasteiger partial charge >= 0.3 is 0 Å². The van der Waals surface area contributed by atoms with E-state index >= 15 is 0 Å². The Labute approximate surface area is 114 Å². The highest BCUT2D eigenvalue weighted by atomic mass is 19.1. The fraction of sp³-hybridized carbons (Fsp3) is 0.385. The first-order valence-corrected chi connectivity index (χ1v) is 6.54. The maximum absolute atomic E-state index is 13.9. The first kappa shape index (κ1) is 12.9. The summed E-state index contributed by atoms with van der Waals surface area (Å²) in [6.07, 6.45) is 2.78. The van der Waals surface area contributed by atoms with Crippen molar-refractivity contribution >= 4 is 22.6 Å². The number of piperidine rings is 1. The normalized spacial score (nSPS) is 22.9. The number of aromatic amines is 1. The number of pyridine rings is 1. The SMILES string of the molecule is NC(=O)c1cnc2[nH]ccc2c1N[C@@H]1CCNC[C@H]1F. The van der Waals surface area contributed by atoms with Gasteiger partial charge in [0.05, 0.1) is 17.3 Å². The molecular weight excluding hydrogens is 261 g/mol. The van der Waals surface area contributed by atoms with Gasteiger partial charge in [-0.2, -0.15) is 0 Å². The van der Waals surface area contributed by atoms with E-state index in [1.54, 1.807) is 12.3 Å². The van der Waals surface area contributed by atoms with Crippen LogP contribution in [-0.2, 0) is 0 Å². The van der Waals surface area contributed by atoms with Gasteiger partial charge in [0, 0.05) is 24.3 Å². The number of carbonyl (C=O) groups excluding carboxylic acids is 1. The maximum Gasteiger partial charge on any atom is 0.252 e. The molecule has 0 bridgehead atoms. The van der Waals surface area contributed by atoms with Gasteiger partial charge in [-0.3, -0.25) is 4.79 Å². The van der Waals surface area contributed by atoms with Crippen LogP contribution in [0.15, 0.2) is 18.5 Å². The zero-order chi connectivity index (χ0) is 14.1. The number of nitrogens with zero attached hydrogens (tertiary/aromatic N) is 1. The van der Waals surface area contributed by atoms with Gasteiger partial charge in [0.15, 0.2) is 0 Å². The highest BCUT2D eigenvalue weighted by Crippen LogP contribution is 2.27. The summed E-state index contributed by atoms with van der Waals surface area (Å²) < 4.78 is 13.9. The molecular formula is C13H16FN5O. The van der Waals surface area contributed by atoms with Gasteiger partial charge in [-0.25, -0.2) is 9.37 Å². The topological polar surface area (TPSA) is 95.8 Å². The van der Waals surface area contributed by atoms with Crippen LogP contribution in [-0.4, -0.2) is 41.2 Å². The van der Waals surface area contributed by atoms with Gasteiger partial charge < -0.3 is 21.4 Å². The summed E-state index contributed by atoms with van der Waals surface area (Å²) in [4.78, 5) is 18.6. The lowest BCUT2D eigenvalue weighted by Crippen LogP contribution is -2.45. The Bertz CT molecular complexity index is 641. The van der Waals surface area contributed by atoms with E-state index in [0.717, 1.165) is 11.9 Å². The predicted molar refractivity (Wildman–Crippen MR) is 74.4 cm³/mol. The monoisotopic (exact) mass is 277 g/mol. The second-order valence-corrected chi connectivity index (χ2v) is 4.91. The molecule has 1 saturated heterocycles.